The molecular weight excluding hydrogens is 312 g/mol. The molecule has 0 bridgehead atoms. The minimum Gasteiger partial charge on any atom is -0.323 e. The van der Waals surface area contributed by atoms with E-state index in [1.807, 2.05) is 6.92 Å². The number of rotatable bonds is 3. The van der Waals surface area contributed by atoms with E-state index >= 15 is 0 Å². The Morgan fingerprint density at radius 1 is 1.71 bits per heavy atom. The van der Waals surface area contributed by atoms with Gasteiger partial charge in [0.05, 0.1) is 10.5 Å². The van der Waals surface area contributed by atoms with Crippen LogP contribution in [0.3, 0.4) is 0 Å². The minimum atomic E-state index is -0.158. The summed E-state index contributed by atoms with van der Waals surface area (Å²) < 4.78 is 0.643. The summed E-state index contributed by atoms with van der Waals surface area (Å²) in [6.07, 6.45) is 2.41. The maximum atomic E-state index is 11.5. The number of nitrogens with zero attached hydrogens (tertiary/aromatic N) is 1. The number of halogens is 2. The number of aromatic nitrogens is 1. The number of pyridine rings is 1. The summed E-state index contributed by atoms with van der Waals surface area (Å²) in [6, 6.07) is 3.57. The molecule has 5 heteroatoms. The number of hydrogen-bond acceptors (Lipinski definition) is 2. The molecule has 1 rings (SSSR count). The molecule has 0 aliphatic rings. The smallest absolute Gasteiger partial charge is 0.238 e. The average molecular weight is 322 g/mol. The van der Waals surface area contributed by atoms with Crippen LogP contribution in [0.4, 0.5) is 5.69 Å². The molecule has 1 aromatic heterocycles. The van der Waals surface area contributed by atoms with Gasteiger partial charge < -0.3 is 5.32 Å². The number of nitrogens with one attached hydrogen (secondary N) is 1. The van der Waals surface area contributed by atoms with Gasteiger partial charge in [-0.15, -0.1) is 0 Å². The fourth-order valence-electron chi connectivity index (χ4n) is 0.876. The zero-order chi connectivity index (χ0) is 10.6. The van der Waals surface area contributed by atoms with E-state index in [1.54, 1.807) is 18.3 Å². The highest BCUT2D eigenvalue weighted by atomic mass is 79.9. The normalized spacial score (nSPS) is 12.2. The van der Waals surface area contributed by atoms with Crippen LogP contribution in [-0.4, -0.2) is 15.7 Å². The Kier molecular flexibility index (Phi) is 4.54. The van der Waals surface area contributed by atoms with E-state index in [0.29, 0.717) is 10.3 Å². The Morgan fingerprint density at radius 3 is 3.00 bits per heavy atom. The van der Waals surface area contributed by atoms with Crippen LogP contribution in [0.1, 0.15) is 13.3 Å². The lowest BCUT2D eigenvalue weighted by Gasteiger charge is -2.09. The van der Waals surface area contributed by atoms with Crippen LogP contribution in [0.5, 0.6) is 0 Å². The Balaban J connectivity index is 2.70. The molecule has 0 radical (unpaired) electrons. The number of carbonyl (C=O) groups is 1. The first-order chi connectivity index (χ1) is 6.65. The summed E-state index contributed by atoms with van der Waals surface area (Å²) in [4.78, 5) is 15.3. The molecule has 76 valence electrons. The fraction of sp³-hybridized carbons (Fsp3) is 0.333. The van der Waals surface area contributed by atoms with Crippen molar-refractivity contribution in [3.63, 3.8) is 0 Å². The minimum absolute atomic E-state index is 0.0544. The molecule has 1 unspecified atom stereocenters. The van der Waals surface area contributed by atoms with Gasteiger partial charge in [-0.25, -0.2) is 4.98 Å². The van der Waals surface area contributed by atoms with Crippen molar-refractivity contribution < 1.29 is 4.79 Å². The molecular formula is C9H10Br2N2O. The highest BCUT2D eigenvalue weighted by Crippen LogP contribution is 2.19. The van der Waals surface area contributed by atoms with Crippen LogP contribution in [0.15, 0.2) is 22.9 Å². The van der Waals surface area contributed by atoms with Crippen molar-refractivity contribution in [3.8, 4) is 0 Å². The van der Waals surface area contributed by atoms with Crippen molar-refractivity contribution in [3.05, 3.63) is 22.9 Å². The first-order valence-corrected chi connectivity index (χ1v) is 5.91. The van der Waals surface area contributed by atoms with Crippen molar-refractivity contribution in [1.82, 2.24) is 4.98 Å². The largest absolute Gasteiger partial charge is 0.323 e. The summed E-state index contributed by atoms with van der Waals surface area (Å²) in [6.45, 7) is 1.94. The van der Waals surface area contributed by atoms with Gasteiger partial charge in [0.1, 0.15) is 4.60 Å². The molecule has 0 aliphatic heterocycles. The molecule has 1 N–H and O–H groups in total. The van der Waals surface area contributed by atoms with Crippen molar-refractivity contribution in [2.24, 2.45) is 0 Å². The molecule has 0 spiro atoms. The van der Waals surface area contributed by atoms with E-state index in [9.17, 15) is 4.79 Å². The molecule has 14 heavy (non-hydrogen) atoms. The van der Waals surface area contributed by atoms with Gasteiger partial charge in [-0.05, 0) is 34.5 Å². The molecule has 1 amide bonds. The third kappa shape index (κ3) is 3.06. The average Bonchev–Trinajstić information content (AvgIpc) is 2.20. The third-order valence-electron chi connectivity index (χ3n) is 1.66. The molecule has 0 aromatic carbocycles. The highest BCUT2D eigenvalue weighted by molar-refractivity contribution is 9.10. The van der Waals surface area contributed by atoms with E-state index < -0.39 is 0 Å². The Labute approximate surface area is 99.6 Å². The molecule has 0 saturated carbocycles. The van der Waals surface area contributed by atoms with E-state index in [-0.39, 0.29) is 10.7 Å². The van der Waals surface area contributed by atoms with E-state index in [0.717, 1.165) is 6.42 Å². The van der Waals surface area contributed by atoms with Crippen LogP contribution in [0, 0.1) is 0 Å². The van der Waals surface area contributed by atoms with Crippen LogP contribution in [0.25, 0.3) is 0 Å². The van der Waals surface area contributed by atoms with Crippen molar-refractivity contribution >= 4 is 43.5 Å². The number of carbonyl (C=O) groups excluding carboxylic acids is 1. The number of alkyl halides is 1. The van der Waals surface area contributed by atoms with Gasteiger partial charge in [0.25, 0.3) is 0 Å². The second-order valence-electron chi connectivity index (χ2n) is 2.71. The predicted octanol–water partition coefficient (Wildman–Crippen LogP) is 2.96. The summed E-state index contributed by atoms with van der Waals surface area (Å²) >= 11 is 6.53. The second-order valence-corrected chi connectivity index (χ2v) is 4.56. The van der Waals surface area contributed by atoms with Gasteiger partial charge in [-0.2, -0.15) is 0 Å². The third-order valence-corrected chi connectivity index (χ3v) is 3.36. The maximum Gasteiger partial charge on any atom is 0.238 e. The predicted molar refractivity (Wildman–Crippen MR) is 63.6 cm³/mol. The van der Waals surface area contributed by atoms with Gasteiger partial charge in [0.2, 0.25) is 5.91 Å². The van der Waals surface area contributed by atoms with E-state index in [4.69, 9.17) is 0 Å². The zero-order valence-corrected chi connectivity index (χ0v) is 10.8. The van der Waals surface area contributed by atoms with E-state index in [1.165, 1.54) is 0 Å². The number of anilines is 1. The van der Waals surface area contributed by atoms with Crippen molar-refractivity contribution in [2.75, 3.05) is 5.32 Å². The topological polar surface area (TPSA) is 42.0 Å². The quantitative estimate of drug-likeness (QED) is 0.687. The summed E-state index contributed by atoms with van der Waals surface area (Å²) in [7, 11) is 0. The lowest BCUT2D eigenvalue weighted by atomic mass is 10.3. The molecule has 3 nitrogen and oxygen atoms in total. The van der Waals surface area contributed by atoms with Gasteiger partial charge in [0.15, 0.2) is 0 Å². The first kappa shape index (κ1) is 11.7. The number of amides is 1. The standard InChI is InChI=1S/C9H10Br2N2O/c1-2-6(10)9(14)13-7-4-3-5-12-8(7)11/h3-6H,2H2,1H3,(H,13,14). The lowest BCUT2D eigenvalue weighted by Crippen LogP contribution is -2.22. The highest BCUT2D eigenvalue weighted by Gasteiger charge is 2.13. The zero-order valence-electron chi connectivity index (χ0n) is 7.63. The van der Waals surface area contributed by atoms with Crippen LogP contribution in [-0.2, 0) is 4.79 Å². The second kappa shape index (κ2) is 5.46. The summed E-state index contributed by atoms with van der Waals surface area (Å²) in [5.41, 5.74) is 0.690. The van der Waals surface area contributed by atoms with E-state index in [2.05, 4.69) is 42.2 Å². The Hall–Kier alpha value is -0.420. The number of hydrogen-bond donors (Lipinski definition) is 1. The van der Waals surface area contributed by atoms with Gasteiger partial charge in [-0.3, -0.25) is 4.79 Å². The van der Waals surface area contributed by atoms with Gasteiger partial charge in [0, 0.05) is 6.20 Å². The SMILES string of the molecule is CCC(Br)C(=O)Nc1cccnc1Br. The molecule has 0 aliphatic carbocycles. The van der Waals surface area contributed by atoms with Gasteiger partial charge in [-0.1, -0.05) is 22.9 Å². The Bertz CT molecular complexity index is 330. The van der Waals surface area contributed by atoms with Crippen LogP contribution >= 0.6 is 31.9 Å². The molecule has 0 saturated heterocycles. The lowest BCUT2D eigenvalue weighted by molar-refractivity contribution is -0.115. The summed E-state index contributed by atoms with van der Waals surface area (Å²) in [5, 5.41) is 2.77. The first-order valence-electron chi connectivity index (χ1n) is 4.20. The van der Waals surface area contributed by atoms with Crippen molar-refractivity contribution in [1.29, 1.82) is 0 Å². The van der Waals surface area contributed by atoms with Crippen molar-refractivity contribution in [2.45, 2.75) is 18.2 Å². The monoisotopic (exact) mass is 320 g/mol. The van der Waals surface area contributed by atoms with Gasteiger partial charge >= 0.3 is 0 Å². The molecule has 1 heterocycles. The molecule has 0 fully saturated rings. The molecule has 1 aromatic rings. The van der Waals surface area contributed by atoms with Crippen LogP contribution < -0.4 is 5.32 Å². The fourth-order valence-corrected chi connectivity index (χ4v) is 1.34. The Morgan fingerprint density at radius 2 is 2.43 bits per heavy atom. The summed E-state index contributed by atoms with van der Waals surface area (Å²) in [5.74, 6) is -0.0544. The van der Waals surface area contributed by atoms with Crippen LogP contribution in [0.2, 0.25) is 0 Å². The molecule has 1 atom stereocenters. The maximum absolute atomic E-state index is 11.5.